The molecule has 0 saturated heterocycles. The van der Waals surface area contributed by atoms with Crippen LogP contribution in [0, 0.1) is 0 Å². The first-order chi connectivity index (χ1) is 9.65. The number of hydrogen-bond donors (Lipinski definition) is 1. The van der Waals surface area contributed by atoms with Crippen LogP contribution in [0.1, 0.15) is 21.7 Å². The van der Waals surface area contributed by atoms with Crippen molar-refractivity contribution in [1.29, 1.82) is 0 Å². The van der Waals surface area contributed by atoms with Crippen molar-refractivity contribution in [3.63, 3.8) is 0 Å². The van der Waals surface area contributed by atoms with E-state index in [4.69, 9.17) is 21.4 Å². The second-order valence-corrected chi connectivity index (χ2v) is 4.51. The van der Waals surface area contributed by atoms with E-state index in [9.17, 15) is 4.79 Å². The summed E-state index contributed by atoms with van der Waals surface area (Å²) < 4.78 is 6.65. The van der Waals surface area contributed by atoms with Crippen molar-refractivity contribution in [3.05, 3.63) is 41.2 Å². The van der Waals surface area contributed by atoms with E-state index in [1.807, 2.05) is 24.3 Å². The van der Waals surface area contributed by atoms with E-state index in [1.54, 1.807) is 11.8 Å². The van der Waals surface area contributed by atoms with Crippen molar-refractivity contribution in [1.82, 2.24) is 15.0 Å². The molecule has 1 N–H and O–H groups in total. The Morgan fingerprint density at radius 1 is 1.40 bits per heavy atom. The largest absolute Gasteiger partial charge is 0.497 e. The minimum absolute atomic E-state index is 0.0424. The van der Waals surface area contributed by atoms with E-state index in [0.717, 1.165) is 11.3 Å². The van der Waals surface area contributed by atoms with Gasteiger partial charge in [-0.3, -0.25) is 0 Å². The molecule has 0 aliphatic rings. The molecule has 1 heterocycles. The molecule has 0 atom stereocenters. The molecular formula is C13H14ClN3O3. The molecule has 106 valence electrons. The molecule has 0 amide bonds. The Morgan fingerprint density at radius 2 is 2.10 bits per heavy atom. The third kappa shape index (κ3) is 3.08. The number of nitrogens with zero attached hydrogens (tertiary/aromatic N) is 3. The number of alkyl halides is 1. The number of benzene rings is 1. The quantitative estimate of drug-likeness (QED) is 0.823. The van der Waals surface area contributed by atoms with Gasteiger partial charge in [0.1, 0.15) is 5.75 Å². The summed E-state index contributed by atoms with van der Waals surface area (Å²) in [5.41, 5.74) is 1.46. The first kappa shape index (κ1) is 14.3. The summed E-state index contributed by atoms with van der Waals surface area (Å²) in [5.74, 6) is -0.0124. The third-order valence-electron chi connectivity index (χ3n) is 2.86. The summed E-state index contributed by atoms with van der Waals surface area (Å²) in [5, 5.41) is 16.6. The lowest BCUT2D eigenvalue weighted by molar-refractivity contribution is 0.0689. The second kappa shape index (κ2) is 6.38. The molecule has 2 rings (SSSR count). The number of carboxylic acids is 1. The molecule has 0 spiro atoms. The van der Waals surface area contributed by atoms with Gasteiger partial charge in [0.2, 0.25) is 0 Å². The van der Waals surface area contributed by atoms with Gasteiger partial charge in [0, 0.05) is 12.3 Å². The number of rotatable bonds is 6. The smallest absolute Gasteiger partial charge is 0.358 e. The molecule has 0 unspecified atom stereocenters. The van der Waals surface area contributed by atoms with E-state index in [-0.39, 0.29) is 5.69 Å². The molecule has 1 aromatic heterocycles. The van der Waals surface area contributed by atoms with Crippen molar-refractivity contribution in [2.75, 3.05) is 13.0 Å². The van der Waals surface area contributed by atoms with E-state index in [2.05, 4.69) is 10.3 Å². The highest BCUT2D eigenvalue weighted by Crippen LogP contribution is 2.14. The fraction of sp³-hybridized carbons (Fsp3) is 0.308. The lowest BCUT2D eigenvalue weighted by Crippen LogP contribution is -2.10. The summed E-state index contributed by atoms with van der Waals surface area (Å²) in [6, 6.07) is 7.47. The number of halogens is 1. The van der Waals surface area contributed by atoms with Gasteiger partial charge in [-0.25, -0.2) is 9.48 Å². The number of methoxy groups -OCH3 is 1. The monoisotopic (exact) mass is 295 g/mol. The van der Waals surface area contributed by atoms with E-state index >= 15 is 0 Å². The predicted molar refractivity (Wildman–Crippen MR) is 73.5 cm³/mol. The van der Waals surface area contributed by atoms with Gasteiger partial charge in [0.05, 0.1) is 19.3 Å². The lowest BCUT2D eigenvalue weighted by atomic mass is 10.2. The van der Waals surface area contributed by atoms with E-state index in [1.165, 1.54) is 0 Å². The summed E-state index contributed by atoms with van der Waals surface area (Å²) >= 11 is 5.71. The number of hydrogen-bond acceptors (Lipinski definition) is 4. The normalized spacial score (nSPS) is 10.5. The number of carboxylic acid groups (broad SMARTS) is 1. The van der Waals surface area contributed by atoms with Crippen molar-refractivity contribution in [2.45, 2.75) is 13.0 Å². The van der Waals surface area contributed by atoms with Gasteiger partial charge >= 0.3 is 5.97 Å². The highest BCUT2D eigenvalue weighted by Gasteiger charge is 2.18. The molecule has 0 fully saturated rings. The Labute approximate surface area is 120 Å². The number of carbonyl (C=O) groups is 1. The average molecular weight is 296 g/mol. The zero-order valence-corrected chi connectivity index (χ0v) is 11.7. The first-order valence-electron chi connectivity index (χ1n) is 6.00. The lowest BCUT2D eigenvalue weighted by Gasteiger charge is -2.07. The fourth-order valence-electron chi connectivity index (χ4n) is 1.87. The van der Waals surface area contributed by atoms with Crippen molar-refractivity contribution in [3.8, 4) is 5.75 Å². The summed E-state index contributed by atoms with van der Waals surface area (Å²) in [6.45, 7) is 0.441. The molecule has 6 nitrogen and oxygen atoms in total. The van der Waals surface area contributed by atoms with Crippen LogP contribution in [0.2, 0.25) is 0 Å². The molecule has 1 aromatic carbocycles. The van der Waals surface area contributed by atoms with Gasteiger partial charge in [-0.05, 0) is 17.7 Å². The highest BCUT2D eigenvalue weighted by molar-refractivity contribution is 6.18. The fourth-order valence-corrected chi connectivity index (χ4v) is 2.05. The maximum absolute atomic E-state index is 11.1. The predicted octanol–water partition coefficient (Wildman–Crippen LogP) is 1.81. The number of aromatic nitrogens is 3. The maximum Gasteiger partial charge on any atom is 0.358 e. The van der Waals surface area contributed by atoms with Crippen molar-refractivity contribution >= 4 is 17.6 Å². The molecule has 7 heteroatoms. The van der Waals surface area contributed by atoms with Crippen molar-refractivity contribution in [2.24, 2.45) is 0 Å². The molecule has 0 bridgehead atoms. The first-order valence-corrected chi connectivity index (χ1v) is 6.53. The van der Waals surface area contributed by atoms with Crippen LogP contribution in [0.5, 0.6) is 5.75 Å². The number of aromatic carboxylic acids is 1. The summed E-state index contributed by atoms with van der Waals surface area (Å²) in [6.07, 6.45) is 0.409. The van der Waals surface area contributed by atoms with Crippen LogP contribution in [0.15, 0.2) is 24.3 Å². The van der Waals surface area contributed by atoms with Gasteiger partial charge in [-0.15, -0.1) is 16.7 Å². The minimum atomic E-state index is -1.09. The molecule has 0 saturated carbocycles. The molecule has 2 aromatic rings. The van der Waals surface area contributed by atoms with Crippen LogP contribution < -0.4 is 4.74 Å². The molecule has 0 aliphatic carbocycles. The van der Waals surface area contributed by atoms with E-state index < -0.39 is 5.97 Å². The summed E-state index contributed by atoms with van der Waals surface area (Å²) in [7, 11) is 1.60. The van der Waals surface area contributed by atoms with Crippen LogP contribution in [-0.4, -0.2) is 39.1 Å². The Kier molecular flexibility index (Phi) is 4.57. The Balaban J connectivity index is 2.25. The van der Waals surface area contributed by atoms with Crippen LogP contribution in [0.4, 0.5) is 0 Å². The second-order valence-electron chi connectivity index (χ2n) is 4.13. The molecule has 0 radical (unpaired) electrons. The van der Waals surface area contributed by atoms with Crippen LogP contribution in [0.3, 0.4) is 0 Å². The van der Waals surface area contributed by atoms with Gasteiger partial charge in [-0.1, -0.05) is 17.3 Å². The van der Waals surface area contributed by atoms with Gasteiger partial charge < -0.3 is 9.84 Å². The van der Waals surface area contributed by atoms with Gasteiger partial charge in [0.15, 0.2) is 5.69 Å². The minimum Gasteiger partial charge on any atom is -0.497 e. The third-order valence-corrected chi connectivity index (χ3v) is 3.05. The molecule has 0 aliphatic heterocycles. The van der Waals surface area contributed by atoms with E-state index in [0.29, 0.717) is 24.5 Å². The molecule has 20 heavy (non-hydrogen) atoms. The topological polar surface area (TPSA) is 77.2 Å². The van der Waals surface area contributed by atoms with Crippen LogP contribution in [-0.2, 0) is 13.0 Å². The SMILES string of the molecule is COc1ccc(Cn2nnc(C(=O)O)c2CCCl)cc1. The zero-order valence-electron chi connectivity index (χ0n) is 10.9. The Morgan fingerprint density at radius 3 is 2.65 bits per heavy atom. The Hall–Kier alpha value is -2.08. The van der Waals surface area contributed by atoms with Crippen LogP contribution >= 0.6 is 11.6 Å². The van der Waals surface area contributed by atoms with Gasteiger partial charge in [-0.2, -0.15) is 0 Å². The molecular weight excluding hydrogens is 282 g/mol. The zero-order chi connectivity index (χ0) is 14.5. The van der Waals surface area contributed by atoms with Crippen LogP contribution in [0.25, 0.3) is 0 Å². The standard InChI is InChI=1S/C13H14ClN3O3/c1-20-10-4-2-9(3-5-10)8-17-11(6-7-14)12(13(18)19)15-16-17/h2-5H,6-8H2,1H3,(H,18,19). The maximum atomic E-state index is 11.1. The average Bonchev–Trinajstić information content (AvgIpc) is 2.83. The highest BCUT2D eigenvalue weighted by atomic mass is 35.5. The summed E-state index contributed by atoms with van der Waals surface area (Å²) in [4.78, 5) is 11.1. The number of ether oxygens (including phenoxy) is 1. The van der Waals surface area contributed by atoms with Crippen molar-refractivity contribution < 1.29 is 14.6 Å². The Bertz CT molecular complexity index is 595. The van der Waals surface area contributed by atoms with Gasteiger partial charge in [0.25, 0.3) is 0 Å².